The summed E-state index contributed by atoms with van der Waals surface area (Å²) in [6.07, 6.45) is 1.33. The molecule has 1 aromatic heterocycles. The van der Waals surface area contributed by atoms with E-state index >= 15 is 0 Å². The van der Waals surface area contributed by atoms with Crippen LogP contribution < -0.4 is 5.32 Å². The number of amides is 1. The van der Waals surface area contributed by atoms with E-state index in [-0.39, 0.29) is 11.8 Å². The van der Waals surface area contributed by atoms with Crippen LogP contribution in [0.15, 0.2) is 6.33 Å². The van der Waals surface area contributed by atoms with Gasteiger partial charge in [-0.15, -0.1) is 0 Å². The minimum atomic E-state index is -0.242. The van der Waals surface area contributed by atoms with E-state index in [9.17, 15) is 4.79 Å². The second-order valence-electron chi connectivity index (χ2n) is 2.64. The van der Waals surface area contributed by atoms with Crippen LogP contribution in [0.1, 0.15) is 18.4 Å². The van der Waals surface area contributed by atoms with Gasteiger partial charge in [0, 0.05) is 5.56 Å². The van der Waals surface area contributed by atoms with Crippen molar-refractivity contribution in [1.29, 1.82) is 0 Å². The minimum Gasteiger partial charge on any atom is -0.310 e. The molecule has 2 heterocycles. The van der Waals surface area contributed by atoms with E-state index in [2.05, 4.69) is 15.3 Å². The molecule has 1 N–H and O–H groups in total. The Morgan fingerprint density at radius 1 is 1.58 bits per heavy atom. The lowest BCUT2D eigenvalue weighted by atomic mass is 10.1. The number of anilines is 1. The first kappa shape index (κ1) is 7.49. The van der Waals surface area contributed by atoms with Crippen molar-refractivity contribution in [2.45, 2.75) is 12.8 Å². The van der Waals surface area contributed by atoms with Gasteiger partial charge in [0.1, 0.15) is 17.3 Å². The zero-order chi connectivity index (χ0) is 8.72. The fraction of sp³-hybridized carbons (Fsp3) is 0.286. The van der Waals surface area contributed by atoms with Gasteiger partial charge in [0.2, 0.25) is 5.91 Å². The molecule has 0 fully saturated rings. The monoisotopic (exact) mass is 183 g/mol. The SMILES string of the molecule is C[C@@H]1C(=O)Nc2ncnc(Cl)c21. The van der Waals surface area contributed by atoms with Gasteiger partial charge in [0.25, 0.3) is 0 Å². The van der Waals surface area contributed by atoms with Crippen molar-refractivity contribution in [3.8, 4) is 0 Å². The topological polar surface area (TPSA) is 54.9 Å². The fourth-order valence-corrected chi connectivity index (χ4v) is 1.51. The van der Waals surface area contributed by atoms with Gasteiger partial charge >= 0.3 is 0 Å². The van der Waals surface area contributed by atoms with Crippen molar-refractivity contribution < 1.29 is 4.79 Å². The lowest BCUT2D eigenvalue weighted by Crippen LogP contribution is -2.08. The fourth-order valence-electron chi connectivity index (χ4n) is 1.21. The number of fused-ring (bicyclic) bond motifs is 1. The van der Waals surface area contributed by atoms with Crippen molar-refractivity contribution in [3.63, 3.8) is 0 Å². The third kappa shape index (κ3) is 0.881. The van der Waals surface area contributed by atoms with Gasteiger partial charge in [-0.05, 0) is 6.92 Å². The summed E-state index contributed by atoms with van der Waals surface area (Å²) >= 11 is 5.79. The van der Waals surface area contributed by atoms with Gasteiger partial charge in [-0.2, -0.15) is 0 Å². The summed E-state index contributed by atoms with van der Waals surface area (Å²) in [5, 5.41) is 2.97. The van der Waals surface area contributed by atoms with Gasteiger partial charge in [-0.25, -0.2) is 9.97 Å². The van der Waals surface area contributed by atoms with Crippen LogP contribution in [0.3, 0.4) is 0 Å². The van der Waals surface area contributed by atoms with Crippen LogP contribution in [0.2, 0.25) is 5.15 Å². The molecule has 1 aromatic rings. The van der Waals surface area contributed by atoms with Crippen molar-refractivity contribution in [1.82, 2.24) is 9.97 Å². The van der Waals surface area contributed by atoms with Gasteiger partial charge in [-0.3, -0.25) is 4.79 Å². The normalized spacial score (nSPS) is 20.5. The molecule has 1 amide bonds. The predicted octanol–water partition coefficient (Wildman–Crippen LogP) is 1.19. The maximum Gasteiger partial charge on any atom is 0.233 e. The molecular weight excluding hydrogens is 178 g/mol. The van der Waals surface area contributed by atoms with E-state index in [0.717, 1.165) is 0 Å². The maximum atomic E-state index is 11.1. The van der Waals surface area contributed by atoms with Crippen LogP contribution in [0.5, 0.6) is 0 Å². The second-order valence-corrected chi connectivity index (χ2v) is 3.00. The number of carbonyl (C=O) groups excluding carboxylic acids is 1. The Kier molecular flexibility index (Phi) is 1.51. The number of nitrogens with zero attached hydrogens (tertiary/aromatic N) is 2. The highest BCUT2D eigenvalue weighted by Crippen LogP contribution is 2.33. The van der Waals surface area contributed by atoms with Crippen molar-refractivity contribution in [3.05, 3.63) is 17.0 Å². The van der Waals surface area contributed by atoms with E-state index in [1.807, 2.05) is 0 Å². The van der Waals surface area contributed by atoms with E-state index in [1.165, 1.54) is 6.33 Å². The highest BCUT2D eigenvalue weighted by molar-refractivity contribution is 6.31. The third-order valence-corrected chi connectivity index (χ3v) is 2.20. The number of hydrogen-bond donors (Lipinski definition) is 1. The number of halogens is 1. The predicted molar refractivity (Wildman–Crippen MR) is 44.1 cm³/mol. The highest BCUT2D eigenvalue weighted by Gasteiger charge is 2.30. The molecule has 0 radical (unpaired) electrons. The molecule has 1 aliphatic rings. The molecular formula is C7H6ClN3O. The van der Waals surface area contributed by atoms with Crippen molar-refractivity contribution in [2.24, 2.45) is 0 Å². The first-order chi connectivity index (χ1) is 5.70. The molecule has 4 nitrogen and oxygen atoms in total. The molecule has 0 aromatic carbocycles. The summed E-state index contributed by atoms with van der Waals surface area (Å²) in [6.45, 7) is 1.77. The Morgan fingerprint density at radius 2 is 2.33 bits per heavy atom. The van der Waals surface area contributed by atoms with E-state index < -0.39 is 0 Å². The van der Waals surface area contributed by atoms with Crippen LogP contribution >= 0.6 is 11.6 Å². The average Bonchev–Trinajstić information content (AvgIpc) is 2.29. The average molecular weight is 184 g/mol. The lowest BCUT2D eigenvalue weighted by molar-refractivity contribution is -0.116. The summed E-state index contributed by atoms with van der Waals surface area (Å²) in [6, 6.07) is 0. The first-order valence-corrected chi connectivity index (χ1v) is 3.89. The lowest BCUT2D eigenvalue weighted by Gasteiger charge is -1.99. The van der Waals surface area contributed by atoms with E-state index in [4.69, 9.17) is 11.6 Å². The molecule has 12 heavy (non-hydrogen) atoms. The summed E-state index contributed by atoms with van der Waals surface area (Å²) in [5.74, 6) is 0.216. The Bertz CT molecular complexity index is 353. The highest BCUT2D eigenvalue weighted by atomic mass is 35.5. The Hall–Kier alpha value is -1.16. The van der Waals surface area contributed by atoms with Crippen LogP contribution in [-0.4, -0.2) is 15.9 Å². The quantitative estimate of drug-likeness (QED) is 0.615. The standard InChI is InChI=1S/C7H6ClN3O/c1-3-4-5(8)9-2-10-6(4)11-7(3)12/h2-3H,1H3,(H,9,10,11,12)/t3-/m0/s1. The van der Waals surface area contributed by atoms with Crippen LogP contribution in [0, 0.1) is 0 Å². The Balaban J connectivity index is 2.62. The summed E-state index contributed by atoms with van der Waals surface area (Å²) in [5.41, 5.74) is 0.698. The largest absolute Gasteiger partial charge is 0.310 e. The van der Waals surface area contributed by atoms with Gasteiger partial charge in [0.05, 0.1) is 5.92 Å². The number of aromatic nitrogens is 2. The van der Waals surface area contributed by atoms with Gasteiger partial charge in [0.15, 0.2) is 0 Å². The molecule has 0 spiro atoms. The second kappa shape index (κ2) is 2.42. The number of hydrogen-bond acceptors (Lipinski definition) is 3. The zero-order valence-corrected chi connectivity index (χ0v) is 7.09. The number of rotatable bonds is 0. The van der Waals surface area contributed by atoms with Crippen LogP contribution in [0.25, 0.3) is 0 Å². The molecule has 2 rings (SSSR count). The molecule has 1 aliphatic heterocycles. The smallest absolute Gasteiger partial charge is 0.233 e. The molecule has 62 valence electrons. The maximum absolute atomic E-state index is 11.1. The Morgan fingerprint density at radius 3 is 3.00 bits per heavy atom. The molecule has 1 atom stereocenters. The minimum absolute atomic E-state index is 0.0765. The molecule has 5 heteroatoms. The third-order valence-electron chi connectivity index (χ3n) is 1.90. The molecule has 0 aliphatic carbocycles. The molecule has 0 unspecified atom stereocenters. The molecule has 0 saturated carbocycles. The summed E-state index contributed by atoms with van der Waals surface area (Å²) < 4.78 is 0. The van der Waals surface area contributed by atoms with Gasteiger partial charge in [-0.1, -0.05) is 11.6 Å². The Labute approximate surface area is 74.0 Å². The summed E-state index contributed by atoms with van der Waals surface area (Å²) in [7, 11) is 0. The van der Waals surface area contributed by atoms with Gasteiger partial charge < -0.3 is 5.32 Å². The molecule has 0 bridgehead atoms. The van der Waals surface area contributed by atoms with Crippen LogP contribution in [0.4, 0.5) is 5.82 Å². The summed E-state index contributed by atoms with van der Waals surface area (Å²) in [4.78, 5) is 18.8. The van der Waals surface area contributed by atoms with E-state index in [1.54, 1.807) is 6.92 Å². The van der Waals surface area contributed by atoms with Crippen molar-refractivity contribution in [2.75, 3.05) is 5.32 Å². The first-order valence-electron chi connectivity index (χ1n) is 3.51. The molecule has 0 saturated heterocycles. The van der Waals surface area contributed by atoms with E-state index in [0.29, 0.717) is 16.5 Å². The number of nitrogens with one attached hydrogen (secondary N) is 1. The van der Waals surface area contributed by atoms with Crippen molar-refractivity contribution >= 4 is 23.3 Å². The number of carbonyl (C=O) groups is 1. The zero-order valence-electron chi connectivity index (χ0n) is 6.34. The van der Waals surface area contributed by atoms with Crippen LogP contribution in [-0.2, 0) is 4.79 Å².